The zero-order valence-corrected chi connectivity index (χ0v) is 12.1. The molecule has 0 amide bonds. The molecule has 0 saturated heterocycles. The number of hydrogen-bond acceptors (Lipinski definition) is 5. The van der Waals surface area contributed by atoms with Crippen LogP contribution in [0.1, 0.15) is 5.56 Å². The van der Waals surface area contributed by atoms with Gasteiger partial charge in [0, 0.05) is 22.2 Å². The molecule has 0 aromatic heterocycles. The molecule has 108 valence electrons. The van der Waals surface area contributed by atoms with Crippen molar-refractivity contribution in [3.63, 3.8) is 0 Å². The first-order valence-corrected chi connectivity index (χ1v) is 6.50. The molecule has 0 atom stereocenters. The quantitative estimate of drug-likeness (QED) is 0.288. The first-order chi connectivity index (χ1) is 10.0. The molecule has 0 heterocycles. The number of nitro benzene ring substituents is 1. The van der Waals surface area contributed by atoms with Crippen LogP contribution in [0.5, 0.6) is 11.5 Å². The van der Waals surface area contributed by atoms with Crippen LogP contribution in [0.15, 0.2) is 52.1 Å². The summed E-state index contributed by atoms with van der Waals surface area (Å²) in [5.41, 5.74) is 6.02. The first kappa shape index (κ1) is 14.8. The lowest BCUT2D eigenvalue weighted by atomic mass is 10.2. The summed E-state index contributed by atoms with van der Waals surface area (Å²) in [5, 5.41) is 22.1. The zero-order valence-electron chi connectivity index (χ0n) is 10.6. The Kier molecular flexibility index (Phi) is 4.39. The van der Waals surface area contributed by atoms with Crippen LogP contribution in [-0.4, -0.2) is 16.0 Å². The summed E-state index contributed by atoms with van der Waals surface area (Å²) in [6.07, 6.45) is 0. The van der Waals surface area contributed by atoms with Crippen molar-refractivity contribution in [3.05, 3.63) is 62.6 Å². The highest BCUT2D eigenvalue weighted by Gasteiger charge is 2.08. The summed E-state index contributed by atoms with van der Waals surface area (Å²) >= 11 is 3.29. The fraction of sp³-hybridized carbons (Fsp3) is 0. The van der Waals surface area contributed by atoms with E-state index < -0.39 is 4.92 Å². The maximum Gasteiger partial charge on any atom is 0.269 e. The number of non-ortho nitro benzene ring substituents is 1. The van der Waals surface area contributed by atoms with Crippen molar-refractivity contribution < 1.29 is 14.9 Å². The minimum absolute atomic E-state index is 0.00851. The normalized spacial score (nSPS) is 11.2. The van der Waals surface area contributed by atoms with Gasteiger partial charge in [-0.15, -0.1) is 0 Å². The second kappa shape index (κ2) is 6.23. The number of ether oxygens (including phenoxy) is 1. The summed E-state index contributed by atoms with van der Waals surface area (Å²) in [7, 11) is 0. The van der Waals surface area contributed by atoms with E-state index in [1.165, 1.54) is 24.3 Å². The second-order valence-electron chi connectivity index (χ2n) is 3.98. The van der Waals surface area contributed by atoms with Crippen LogP contribution in [-0.2, 0) is 0 Å². The molecule has 0 aliphatic heterocycles. The number of nitrogens with two attached hydrogens (primary N) is 1. The van der Waals surface area contributed by atoms with Gasteiger partial charge in [0.1, 0.15) is 11.5 Å². The number of amidine groups is 1. The van der Waals surface area contributed by atoms with Gasteiger partial charge in [0.05, 0.1) is 4.92 Å². The highest BCUT2D eigenvalue weighted by Crippen LogP contribution is 2.28. The van der Waals surface area contributed by atoms with Crippen molar-refractivity contribution in [2.75, 3.05) is 0 Å². The van der Waals surface area contributed by atoms with Crippen molar-refractivity contribution in [2.24, 2.45) is 10.9 Å². The van der Waals surface area contributed by atoms with E-state index in [0.717, 1.165) is 0 Å². The van der Waals surface area contributed by atoms with E-state index >= 15 is 0 Å². The highest BCUT2D eigenvalue weighted by atomic mass is 79.9. The van der Waals surface area contributed by atoms with E-state index in [2.05, 4.69) is 21.1 Å². The summed E-state index contributed by atoms with van der Waals surface area (Å²) < 4.78 is 6.16. The third kappa shape index (κ3) is 3.48. The maximum absolute atomic E-state index is 10.6. The molecule has 21 heavy (non-hydrogen) atoms. The highest BCUT2D eigenvalue weighted by molar-refractivity contribution is 9.10. The fourth-order valence-electron chi connectivity index (χ4n) is 1.59. The summed E-state index contributed by atoms with van der Waals surface area (Å²) in [4.78, 5) is 10.1. The minimum atomic E-state index is -0.480. The van der Waals surface area contributed by atoms with E-state index in [0.29, 0.717) is 21.5 Å². The molecule has 0 unspecified atom stereocenters. The Morgan fingerprint density at radius 1 is 1.24 bits per heavy atom. The molecular weight excluding hydrogens is 342 g/mol. The van der Waals surface area contributed by atoms with Crippen LogP contribution >= 0.6 is 15.9 Å². The van der Waals surface area contributed by atoms with Crippen molar-refractivity contribution in [3.8, 4) is 11.5 Å². The maximum atomic E-state index is 10.6. The van der Waals surface area contributed by atoms with Crippen LogP contribution in [0, 0.1) is 10.1 Å². The van der Waals surface area contributed by atoms with Gasteiger partial charge in [0.25, 0.3) is 5.69 Å². The van der Waals surface area contributed by atoms with E-state index in [4.69, 9.17) is 15.7 Å². The Hall–Kier alpha value is -2.61. The van der Waals surface area contributed by atoms with Crippen molar-refractivity contribution >= 4 is 27.5 Å². The third-order valence-electron chi connectivity index (χ3n) is 2.61. The molecule has 2 aromatic rings. The van der Waals surface area contributed by atoms with Crippen LogP contribution in [0.2, 0.25) is 0 Å². The van der Waals surface area contributed by atoms with Crippen molar-refractivity contribution in [1.82, 2.24) is 0 Å². The Morgan fingerprint density at radius 3 is 2.38 bits per heavy atom. The Labute approximate surface area is 127 Å². The van der Waals surface area contributed by atoms with E-state index in [-0.39, 0.29) is 11.5 Å². The molecule has 0 spiro atoms. The van der Waals surface area contributed by atoms with Crippen molar-refractivity contribution in [2.45, 2.75) is 0 Å². The minimum Gasteiger partial charge on any atom is -0.457 e. The summed E-state index contributed by atoms with van der Waals surface area (Å²) in [6.45, 7) is 0. The number of benzene rings is 2. The van der Waals surface area contributed by atoms with Crippen LogP contribution in [0.25, 0.3) is 0 Å². The van der Waals surface area contributed by atoms with E-state index in [9.17, 15) is 10.1 Å². The molecule has 0 radical (unpaired) electrons. The summed E-state index contributed by atoms with van der Waals surface area (Å²) in [6, 6.07) is 10.6. The lowest BCUT2D eigenvalue weighted by Gasteiger charge is -2.08. The molecule has 8 heteroatoms. The predicted octanol–water partition coefficient (Wildman–Crippen LogP) is 3.24. The van der Waals surface area contributed by atoms with Gasteiger partial charge < -0.3 is 15.7 Å². The number of nitro groups is 1. The molecule has 0 aliphatic rings. The van der Waals surface area contributed by atoms with Crippen LogP contribution in [0.4, 0.5) is 5.69 Å². The van der Waals surface area contributed by atoms with Crippen LogP contribution < -0.4 is 10.5 Å². The van der Waals surface area contributed by atoms with Gasteiger partial charge in [-0.1, -0.05) is 5.16 Å². The predicted molar refractivity (Wildman–Crippen MR) is 79.8 cm³/mol. The monoisotopic (exact) mass is 351 g/mol. The van der Waals surface area contributed by atoms with Gasteiger partial charge in [-0.3, -0.25) is 10.1 Å². The Morgan fingerprint density at radius 2 is 1.86 bits per heavy atom. The molecule has 0 bridgehead atoms. The molecule has 2 aromatic carbocycles. The number of oxime groups is 1. The number of rotatable bonds is 4. The van der Waals surface area contributed by atoms with Crippen LogP contribution in [0.3, 0.4) is 0 Å². The van der Waals surface area contributed by atoms with Gasteiger partial charge in [-0.05, 0) is 46.3 Å². The van der Waals surface area contributed by atoms with Gasteiger partial charge >= 0.3 is 0 Å². The van der Waals surface area contributed by atoms with Gasteiger partial charge in [-0.25, -0.2) is 0 Å². The lowest BCUT2D eigenvalue weighted by Crippen LogP contribution is -2.13. The molecule has 7 nitrogen and oxygen atoms in total. The van der Waals surface area contributed by atoms with Gasteiger partial charge in [0.15, 0.2) is 5.84 Å². The topological polar surface area (TPSA) is 111 Å². The molecule has 0 saturated carbocycles. The average molecular weight is 352 g/mol. The molecule has 0 aliphatic carbocycles. The largest absolute Gasteiger partial charge is 0.457 e. The van der Waals surface area contributed by atoms with E-state index in [1.807, 2.05) is 0 Å². The number of nitrogens with zero attached hydrogens (tertiary/aromatic N) is 2. The summed E-state index contributed by atoms with van der Waals surface area (Å²) in [5.74, 6) is 0.943. The standard InChI is InChI=1S/C13H10BrN3O4/c14-12-7-10(5-6-11(12)13(15)16-18)21-9-3-1-8(2-4-9)17(19)20/h1-7,18H,(H2,15,16). The fourth-order valence-corrected chi connectivity index (χ4v) is 2.15. The molecule has 3 N–H and O–H groups in total. The molecular formula is C13H10BrN3O4. The Balaban J connectivity index is 2.20. The van der Waals surface area contributed by atoms with Gasteiger partial charge in [-0.2, -0.15) is 0 Å². The number of hydrogen-bond donors (Lipinski definition) is 2. The van der Waals surface area contributed by atoms with E-state index in [1.54, 1.807) is 18.2 Å². The molecule has 2 rings (SSSR count). The second-order valence-corrected chi connectivity index (χ2v) is 4.83. The van der Waals surface area contributed by atoms with Crippen molar-refractivity contribution in [1.29, 1.82) is 0 Å². The molecule has 0 fully saturated rings. The smallest absolute Gasteiger partial charge is 0.269 e. The lowest BCUT2D eigenvalue weighted by molar-refractivity contribution is -0.384. The zero-order chi connectivity index (χ0) is 15.4. The first-order valence-electron chi connectivity index (χ1n) is 5.71. The number of halogens is 1. The Bertz CT molecular complexity index is 701. The van der Waals surface area contributed by atoms with Gasteiger partial charge in [0.2, 0.25) is 0 Å². The average Bonchev–Trinajstić information content (AvgIpc) is 2.47. The SMILES string of the molecule is N/C(=N/O)c1ccc(Oc2ccc([N+](=O)[O-])cc2)cc1Br. The third-order valence-corrected chi connectivity index (χ3v) is 3.26.